The predicted molar refractivity (Wildman–Crippen MR) is 65.1 cm³/mol. The van der Waals surface area contributed by atoms with E-state index >= 15 is 0 Å². The third kappa shape index (κ3) is 2.32. The number of aromatic nitrogens is 1. The summed E-state index contributed by atoms with van der Waals surface area (Å²) in [6.07, 6.45) is 1.85. The largest absolute Gasteiger partial charge is 0.255 e. The molecule has 0 fully saturated rings. The molecule has 0 aromatic carbocycles. The van der Waals surface area contributed by atoms with E-state index in [2.05, 4.69) is 31.0 Å². The second-order valence-corrected chi connectivity index (χ2v) is 4.31. The van der Waals surface area contributed by atoms with Crippen LogP contribution < -0.4 is 0 Å². The fraction of sp³-hybridized carbons (Fsp3) is 0.417. The highest BCUT2D eigenvalue weighted by atomic mass is 32.1. The summed E-state index contributed by atoms with van der Waals surface area (Å²) in [7, 11) is 0. The van der Waals surface area contributed by atoms with Crippen molar-refractivity contribution in [2.24, 2.45) is 0 Å². The highest BCUT2D eigenvalue weighted by molar-refractivity contribution is 7.19. The van der Waals surface area contributed by atoms with Crippen LogP contribution in [0.5, 0.6) is 0 Å². The van der Waals surface area contributed by atoms with Crippen LogP contribution in [0.2, 0.25) is 0 Å². The second kappa shape index (κ2) is 5.11. The van der Waals surface area contributed by atoms with Crippen LogP contribution in [0.4, 0.5) is 0 Å². The average Bonchev–Trinajstić information content (AvgIpc) is 2.64. The van der Waals surface area contributed by atoms with Gasteiger partial charge in [0.05, 0.1) is 10.2 Å². The molecular weight excluding hydrogens is 190 g/mol. The third-order valence-corrected chi connectivity index (χ3v) is 3.27. The van der Waals surface area contributed by atoms with Gasteiger partial charge in [0.15, 0.2) is 0 Å². The molecule has 1 nitrogen and oxygen atoms in total. The molecule has 0 unspecified atom stereocenters. The van der Waals surface area contributed by atoms with Crippen LogP contribution in [0.3, 0.4) is 0 Å². The molecular formula is C12H17NS. The molecule has 76 valence electrons. The molecule has 2 heteroatoms. The lowest BCUT2D eigenvalue weighted by Gasteiger charge is -1.95. The Kier molecular flexibility index (Phi) is 4.08. The molecule has 0 bridgehead atoms. The maximum atomic E-state index is 4.29. The zero-order valence-electron chi connectivity index (χ0n) is 9.24. The number of hydrogen-bond donors (Lipinski definition) is 0. The Labute approximate surface area is 89.8 Å². The van der Waals surface area contributed by atoms with Crippen LogP contribution in [0, 0.1) is 0 Å². The quantitative estimate of drug-likeness (QED) is 0.673. The van der Waals surface area contributed by atoms with Crippen molar-refractivity contribution in [1.29, 1.82) is 0 Å². The van der Waals surface area contributed by atoms with Gasteiger partial charge >= 0.3 is 0 Å². The van der Waals surface area contributed by atoms with E-state index in [9.17, 15) is 0 Å². The highest BCUT2D eigenvalue weighted by Gasteiger charge is 2.04. The molecule has 0 saturated heterocycles. The normalized spacial score (nSPS) is 10.1. The Morgan fingerprint density at radius 2 is 2.00 bits per heavy atom. The highest BCUT2D eigenvalue weighted by Crippen LogP contribution is 2.28. The molecule has 0 saturated carbocycles. The van der Waals surface area contributed by atoms with Gasteiger partial charge in [0.2, 0.25) is 0 Å². The summed E-state index contributed by atoms with van der Waals surface area (Å²) in [6, 6.07) is 6.30. The summed E-state index contributed by atoms with van der Waals surface area (Å²) in [6.45, 7) is 8.43. The minimum absolute atomic E-state index is 0.615. The van der Waals surface area contributed by atoms with E-state index in [0.29, 0.717) is 5.92 Å². The van der Waals surface area contributed by atoms with Crippen molar-refractivity contribution in [3.63, 3.8) is 0 Å². The molecule has 2 aromatic heterocycles. The summed E-state index contributed by atoms with van der Waals surface area (Å²) in [5.41, 5.74) is 1.13. The SMILES string of the molecule is CC.CC(C)c1cc2ncccc2s1. The van der Waals surface area contributed by atoms with Gasteiger partial charge in [-0.05, 0) is 24.1 Å². The van der Waals surface area contributed by atoms with Crippen molar-refractivity contribution < 1.29 is 0 Å². The van der Waals surface area contributed by atoms with Crippen LogP contribution in [0.15, 0.2) is 24.4 Å². The molecule has 0 aliphatic heterocycles. The van der Waals surface area contributed by atoms with Gasteiger partial charge in [0.1, 0.15) is 0 Å². The molecule has 2 aromatic rings. The molecule has 0 amide bonds. The van der Waals surface area contributed by atoms with E-state index in [1.807, 2.05) is 37.4 Å². The van der Waals surface area contributed by atoms with Crippen LogP contribution in [-0.2, 0) is 0 Å². The van der Waals surface area contributed by atoms with Crippen LogP contribution in [-0.4, -0.2) is 4.98 Å². The molecule has 0 radical (unpaired) electrons. The second-order valence-electron chi connectivity index (χ2n) is 3.19. The van der Waals surface area contributed by atoms with Crippen molar-refractivity contribution in [3.05, 3.63) is 29.3 Å². The van der Waals surface area contributed by atoms with E-state index in [4.69, 9.17) is 0 Å². The Balaban J connectivity index is 0.000000461. The first-order valence-corrected chi connectivity index (χ1v) is 5.93. The number of fused-ring (bicyclic) bond motifs is 1. The molecule has 2 heterocycles. The van der Waals surface area contributed by atoms with E-state index in [0.717, 1.165) is 5.52 Å². The molecule has 14 heavy (non-hydrogen) atoms. The fourth-order valence-electron chi connectivity index (χ4n) is 1.17. The van der Waals surface area contributed by atoms with Crippen molar-refractivity contribution in [2.45, 2.75) is 33.6 Å². The van der Waals surface area contributed by atoms with Crippen LogP contribution in [0.1, 0.15) is 38.5 Å². The van der Waals surface area contributed by atoms with E-state index in [1.165, 1.54) is 9.58 Å². The maximum absolute atomic E-state index is 4.29. The van der Waals surface area contributed by atoms with Crippen LogP contribution in [0.25, 0.3) is 10.2 Å². The number of nitrogens with zero attached hydrogens (tertiary/aromatic N) is 1. The van der Waals surface area contributed by atoms with E-state index < -0.39 is 0 Å². The topological polar surface area (TPSA) is 12.9 Å². The summed E-state index contributed by atoms with van der Waals surface area (Å²) < 4.78 is 1.29. The average molecular weight is 207 g/mol. The van der Waals surface area contributed by atoms with Crippen molar-refractivity contribution >= 4 is 21.6 Å². The molecule has 0 atom stereocenters. The van der Waals surface area contributed by atoms with Gasteiger partial charge in [0.25, 0.3) is 0 Å². The fourth-order valence-corrected chi connectivity index (χ4v) is 2.20. The summed E-state index contributed by atoms with van der Waals surface area (Å²) in [4.78, 5) is 5.71. The molecule has 0 N–H and O–H groups in total. The molecule has 0 aliphatic rings. The summed E-state index contributed by atoms with van der Waals surface area (Å²) >= 11 is 1.84. The smallest absolute Gasteiger partial charge is 0.0812 e. The van der Waals surface area contributed by atoms with Gasteiger partial charge < -0.3 is 0 Å². The monoisotopic (exact) mass is 207 g/mol. The summed E-state index contributed by atoms with van der Waals surface area (Å²) in [5, 5.41) is 0. The Morgan fingerprint density at radius 3 is 2.57 bits per heavy atom. The van der Waals surface area contributed by atoms with Gasteiger partial charge in [-0.15, -0.1) is 11.3 Å². The van der Waals surface area contributed by atoms with E-state index in [-0.39, 0.29) is 0 Å². The first kappa shape index (κ1) is 11.2. The minimum atomic E-state index is 0.615. The predicted octanol–water partition coefficient (Wildman–Crippen LogP) is 4.45. The van der Waals surface area contributed by atoms with E-state index in [1.54, 1.807) is 0 Å². The van der Waals surface area contributed by atoms with Crippen LogP contribution >= 0.6 is 11.3 Å². The summed E-state index contributed by atoms with van der Waals surface area (Å²) in [5.74, 6) is 0.615. The Hall–Kier alpha value is -0.890. The minimum Gasteiger partial charge on any atom is -0.255 e. The number of hydrogen-bond acceptors (Lipinski definition) is 2. The Morgan fingerprint density at radius 1 is 1.29 bits per heavy atom. The lowest BCUT2D eigenvalue weighted by atomic mass is 10.2. The standard InChI is InChI=1S/C10H11NS.C2H6/c1-7(2)10-6-8-9(12-10)4-3-5-11-8;1-2/h3-7H,1-2H3;1-2H3. The van der Waals surface area contributed by atoms with Gasteiger partial charge in [-0.3, -0.25) is 4.98 Å². The first-order valence-electron chi connectivity index (χ1n) is 5.12. The van der Waals surface area contributed by atoms with Crippen molar-refractivity contribution in [1.82, 2.24) is 4.98 Å². The molecule has 2 rings (SSSR count). The van der Waals surface area contributed by atoms with Crippen molar-refractivity contribution in [2.75, 3.05) is 0 Å². The number of pyridine rings is 1. The van der Waals surface area contributed by atoms with Gasteiger partial charge in [-0.1, -0.05) is 27.7 Å². The lowest BCUT2D eigenvalue weighted by molar-refractivity contribution is 0.890. The number of rotatable bonds is 1. The lowest BCUT2D eigenvalue weighted by Crippen LogP contribution is -1.77. The third-order valence-electron chi connectivity index (χ3n) is 1.88. The zero-order valence-corrected chi connectivity index (χ0v) is 10.1. The zero-order chi connectivity index (χ0) is 10.6. The maximum Gasteiger partial charge on any atom is 0.0812 e. The van der Waals surface area contributed by atoms with Gasteiger partial charge in [0, 0.05) is 11.1 Å². The van der Waals surface area contributed by atoms with Crippen molar-refractivity contribution in [3.8, 4) is 0 Å². The first-order chi connectivity index (χ1) is 6.77. The van der Waals surface area contributed by atoms with Gasteiger partial charge in [-0.25, -0.2) is 0 Å². The Bertz CT molecular complexity index is 357. The molecule has 0 aliphatic carbocycles. The van der Waals surface area contributed by atoms with Gasteiger partial charge in [-0.2, -0.15) is 0 Å². The molecule has 0 spiro atoms. The number of thiophene rings is 1.